The SMILES string of the molecule is Cc1nc(CN(C)C(=O)N2CCCCCC2)cs1. The summed E-state index contributed by atoms with van der Waals surface area (Å²) in [6.45, 7) is 4.41. The fourth-order valence-electron chi connectivity index (χ4n) is 2.29. The van der Waals surface area contributed by atoms with Crippen molar-refractivity contribution >= 4 is 17.4 Å². The molecule has 0 spiro atoms. The van der Waals surface area contributed by atoms with E-state index in [2.05, 4.69) is 4.98 Å². The smallest absolute Gasteiger partial charge is 0.320 e. The Labute approximate surface area is 113 Å². The Morgan fingerprint density at radius 2 is 2.06 bits per heavy atom. The standard InChI is InChI=1S/C13H21N3OS/c1-11-14-12(10-18-11)9-15(2)13(17)16-7-5-3-4-6-8-16/h10H,3-9H2,1-2H3. The van der Waals surface area contributed by atoms with E-state index in [9.17, 15) is 4.79 Å². The zero-order valence-corrected chi connectivity index (χ0v) is 12.0. The van der Waals surface area contributed by atoms with E-state index in [0.29, 0.717) is 6.54 Å². The van der Waals surface area contributed by atoms with Crippen LogP contribution in [0.3, 0.4) is 0 Å². The van der Waals surface area contributed by atoms with Crippen molar-refractivity contribution < 1.29 is 4.79 Å². The Balaban J connectivity index is 1.91. The third-order valence-electron chi connectivity index (χ3n) is 3.27. The number of likely N-dealkylation sites (tertiary alicyclic amines) is 1. The molecule has 0 aromatic carbocycles. The third kappa shape index (κ3) is 3.45. The van der Waals surface area contributed by atoms with E-state index in [1.807, 2.05) is 24.3 Å². The van der Waals surface area contributed by atoms with Crippen molar-refractivity contribution in [1.82, 2.24) is 14.8 Å². The molecule has 0 bridgehead atoms. The average Bonchev–Trinajstić information content (AvgIpc) is 2.62. The molecule has 100 valence electrons. The van der Waals surface area contributed by atoms with Crippen molar-refractivity contribution in [2.24, 2.45) is 0 Å². The van der Waals surface area contributed by atoms with Crippen LogP contribution in [0.1, 0.15) is 36.4 Å². The van der Waals surface area contributed by atoms with Gasteiger partial charge in [-0.25, -0.2) is 9.78 Å². The Morgan fingerprint density at radius 3 is 2.61 bits per heavy atom. The highest BCUT2D eigenvalue weighted by atomic mass is 32.1. The number of rotatable bonds is 2. The summed E-state index contributed by atoms with van der Waals surface area (Å²) in [7, 11) is 1.86. The van der Waals surface area contributed by atoms with Crippen LogP contribution in [0.2, 0.25) is 0 Å². The second-order valence-electron chi connectivity index (χ2n) is 4.90. The van der Waals surface area contributed by atoms with Crippen LogP contribution in [0.5, 0.6) is 0 Å². The summed E-state index contributed by atoms with van der Waals surface area (Å²) in [4.78, 5) is 20.4. The molecular formula is C13H21N3OS. The lowest BCUT2D eigenvalue weighted by Crippen LogP contribution is -2.41. The maximum Gasteiger partial charge on any atom is 0.320 e. The van der Waals surface area contributed by atoms with Gasteiger partial charge in [0, 0.05) is 25.5 Å². The van der Waals surface area contributed by atoms with Crippen LogP contribution in [0, 0.1) is 6.92 Å². The monoisotopic (exact) mass is 267 g/mol. The molecular weight excluding hydrogens is 246 g/mol. The lowest BCUT2D eigenvalue weighted by atomic mass is 10.2. The van der Waals surface area contributed by atoms with Crippen LogP contribution < -0.4 is 0 Å². The maximum atomic E-state index is 12.3. The molecule has 0 saturated carbocycles. The fourth-order valence-corrected chi connectivity index (χ4v) is 2.90. The van der Waals surface area contributed by atoms with Gasteiger partial charge in [0.15, 0.2) is 0 Å². The number of amides is 2. The van der Waals surface area contributed by atoms with E-state index < -0.39 is 0 Å². The second-order valence-corrected chi connectivity index (χ2v) is 5.96. The van der Waals surface area contributed by atoms with Gasteiger partial charge in [0.1, 0.15) is 0 Å². The highest BCUT2D eigenvalue weighted by Crippen LogP contribution is 2.14. The molecule has 1 aliphatic rings. The molecule has 2 heterocycles. The molecule has 1 aliphatic heterocycles. The van der Waals surface area contributed by atoms with Crippen LogP contribution in [-0.2, 0) is 6.54 Å². The van der Waals surface area contributed by atoms with Crippen molar-refractivity contribution in [1.29, 1.82) is 0 Å². The summed E-state index contributed by atoms with van der Waals surface area (Å²) < 4.78 is 0. The number of aromatic nitrogens is 1. The van der Waals surface area contributed by atoms with Gasteiger partial charge in [-0.05, 0) is 19.8 Å². The highest BCUT2D eigenvalue weighted by Gasteiger charge is 2.19. The number of thiazole rings is 1. The van der Waals surface area contributed by atoms with Crippen LogP contribution in [0.15, 0.2) is 5.38 Å². The molecule has 0 atom stereocenters. The fraction of sp³-hybridized carbons (Fsp3) is 0.692. The van der Waals surface area contributed by atoms with Crippen molar-refractivity contribution in [3.8, 4) is 0 Å². The largest absolute Gasteiger partial charge is 0.325 e. The van der Waals surface area contributed by atoms with Gasteiger partial charge in [-0.2, -0.15) is 0 Å². The van der Waals surface area contributed by atoms with Crippen molar-refractivity contribution in [3.05, 3.63) is 16.1 Å². The average molecular weight is 267 g/mol. The minimum Gasteiger partial charge on any atom is -0.325 e. The number of carbonyl (C=O) groups is 1. The first-order valence-corrected chi connectivity index (χ1v) is 7.46. The van der Waals surface area contributed by atoms with Crippen LogP contribution in [-0.4, -0.2) is 41.0 Å². The summed E-state index contributed by atoms with van der Waals surface area (Å²) in [6.07, 6.45) is 4.77. The molecule has 5 heteroatoms. The van der Waals surface area contributed by atoms with Gasteiger partial charge >= 0.3 is 6.03 Å². The topological polar surface area (TPSA) is 36.4 Å². The first kappa shape index (κ1) is 13.3. The van der Waals surface area contributed by atoms with E-state index in [1.165, 1.54) is 12.8 Å². The number of aryl methyl sites for hydroxylation is 1. The number of urea groups is 1. The van der Waals surface area contributed by atoms with Crippen molar-refractivity contribution in [2.45, 2.75) is 39.2 Å². The van der Waals surface area contributed by atoms with Gasteiger partial charge < -0.3 is 9.80 Å². The van der Waals surface area contributed by atoms with E-state index >= 15 is 0 Å². The highest BCUT2D eigenvalue weighted by molar-refractivity contribution is 7.09. The van der Waals surface area contributed by atoms with E-state index in [1.54, 1.807) is 16.2 Å². The van der Waals surface area contributed by atoms with Gasteiger partial charge in [0.2, 0.25) is 0 Å². The van der Waals surface area contributed by atoms with E-state index in [0.717, 1.165) is 36.6 Å². The molecule has 18 heavy (non-hydrogen) atoms. The number of hydrogen-bond acceptors (Lipinski definition) is 3. The minimum absolute atomic E-state index is 0.141. The van der Waals surface area contributed by atoms with Gasteiger partial charge in [-0.1, -0.05) is 12.8 Å². The molecule has 4 nitrogen and oxygen atoms in total. The van der Waals surface area contributed by atoms with Gasteiger partial charge in [-0.3, -0.25) is 0 Å². The Bertz CT molecular complexity index is 397. The summed E-state index contributed by atoms with van der Waals surface area (Å²) in [6, 6.07) is 0.141. The normalized spacial score (nSPS) is 16.4. The molecule has 2 amide bonds. The molecule has 0 N–H and O–H groups in total. The first-order chi connectivity index (χ1) is 8.66. The van der Waals surface area contributed by atoms with Crippen molar-refractivity contribution in [3.63, 3.8) is 0 Å². The Morgan fingerprint density at radius 1 is 1.39 bits per heavy atom. The van der Waals surface area contributed by atoms with Gasteiger partial charge in [-0.15, -0.1) is 11.3 Å². The predicted molar refractivity (Wildman–Crippen MR) is 73.8 cm³/mol. The lowest BCUT2D eigenvalue weighted by molar-refractivity contribution is 0.162. The maximum absolute atomic E-state index is 12.3. The second kappa shape index (κ2) is 6.18. The van der Waals surface area contributed by atoms with Crippen molar-refractivity contribution in [2.75, 3.05) is 20.1 Å². The molecule has 1 aromatic rings. The summed E-state index contributed by atoms with van der Waals surface area (Å²) in [5.74, 6) is 0. The van der Waals surface area contributed by atoms with Gasteiger partial charge in [0.05, 0.1) is 17.2 Å². The molecule has 1 fully saturated rings. The molecule has 0 aliphatic carbocycles. The summed E-state index contributed by atoms with van der Waals surface area (Å²) >= 11 is 1.63. The third-order valence-corrected chi connectivity index (χ3v) is 4.09. The Kier molecular flexibility index (Phi) is 4.58. The minimum atomic E-state index is 0.141. The number of hydrogen-bond donors (Lipinski definition) is 0. The number of carbonyl (C=O) groups excluding carboxylic acids is 1. The van der Waals surface area contributed by atoms with Crippen LogP contribution in [0.4, 0.5) is 4.79 Å². The van der Waals surface area contributed by atoms with E-state index in [-0.39, 0.29) is 6.03 Å². The molecule has 2 rings (SSSR count). The Hall–Kier alpha value is -1.10. The molecule has 1 aromatic heterocycles. The first-order valence-electron chi connectivity index (χ1n) is 6.58. The zero-order chi connectivity index (χ0) is 13.0. The predicted octanol–water partition coefficient (Wildman–Crippen LogP) is 2.88. The van der Waals surface area contributed by atoms with E-state index in [4.69, 9.17) is 0 Å². The molecule has 0 unspecified atom stereocenters. The van der Waals surface area contributed by atoms with Crippen LogP contribution >= 0.6 is 11.3 Å². The van der Waals surface area contributed by atoms with Gasteiger partial charge in [0.25, 0.3) is 0 Å². The quantitative estimate of drug-likeness (QED) is 0.826. The summed E-state index contributed by atoms with van der Waals surface area (Å²) in [5.41, 5.74) is 0.989. The zero-order valence-electron chi connectivity index (χ0n) is 11.2. The summed E-state index contributed by atoms with van der Waals surface area (Å²) in [5, 5.41) is 3.09. The molecule has 0 radical (unpaired) electrons. The lowest BCUT2D eigenvalue weighted by Gasteiger charge is -2.26. The molecule has 1 saturated heterocycles. The van der Waals surface area contributed by atoms with Crippen LogP contribution in [0.25, 0.3) is 0 Å². The number of nitrogens with zero attached hydrogens (tertiary/aromatic N) is 3.